The minimum Gasteiger partial charge on any atom is -0.507 e. The van der Waals surface area contributed by atoms with Gasteiger partial charge < -0.3 is 9.84 Å². The van der Waals surface area contributed by atoms with Gasteiger partial charge in [0.2, 0.25) is 0 Å². The lowest BCUT2D eigenvalue weighted by Gasteiger charge is -2.26. The molecule has 0 aromatic heterocycles. The van der Waals surface area contributed by atoms with Gasteiger partial charge in [0.25, 0.3) is 11.7 Å². The zero-order valence-corrected chi connectivity index (χ0v) is 18.5. The van der Waals surface area contributed by atoms with Crippen LogP contribution in [-0.4, -0.2) is 23.9 Å². The van der Waals surface area contributed by atoms with E-state index in [9.17, 15) is 14.7 Å². The number of para-hydroxylation sites is 1. The predicted molar refractivity (Wildman–Crippen MR) is 125 cm³/mol. The minimum atomic E-state index is -0.760. The summed E-state index contributed by atoms with van der Waals surface area (Å²) in [5.41, 5.74) is 4.48. The number of ether oxygens (including phenoxy) is 1. The molecule has 1 atom stereocenters. The largest absolute Gasteiger partial charge is 0.507 e. The minimum absolute atomic E-state index is 0.0523. The fourth-order valence-electron chi connectivity index (χ4n) is 4.42. The number of aryl methyl sites for hydroxylation is 3. The molecule has 1 N–H and O–H groups in total. The highest BCUT2D eigenvalue weighted by molar-refractivity contribution is 6.51. The molecule has 4 rings (SSSR count). The topological polar surface area (TPSA) is 66.8 Å². The van der Waals surface area contributed by atoms with Crippen LogP contribution in [0.3, 0.4) is 0 Å². The molecule has 5 nitrogen and oxygen atoms in total. The molecule has 1 amide bonds. The number of hydrogen-bond donors (Lipinski definition) is 1. The van der Waals surface area contributed by atoms with Crippen molar-refractivity contribution >= 4 is 23.1 Å². The van der Waals surface area contributed by atoms with Crippen molar-refractivity contribution in [2.24, 2.45) is 0 Å². The van der Waals surface area contributed by atoms with Crippen LogP contribution < -0.4 is 9.64 Å². The van der Waals surface area contributed by atoms with E-state index in [1.54, 1.807) is 18.2 Å². The lowest BCUT2D eigenvalue weighted by atomic mass is 9.91. The van der Waals surface area contributed by atoms with Gasteiger partial charge in [-0.3, -0.25) is 14.5 Å². The molecule has 162 valence electrons. The van der Waals surface area contributed by atoms with Crippen molar-refractivity contribution < 1.29 is 19.4 Å². The summed E-state index contributed by atoms with van der Waals surface area (Å²) in [7, 11) is 1.52. The lowest BCUT2D eigenvalue weighted by molar-refractivity contribution is -0.132. The molecule has 32 heavy (non-hydrogen) atoms. The third-order valence-electron chi connectivity index (χ3n) is 5.84. The van der Waals surface area contributed by atoms with Gasteiger partial charge in [-0.15, -0.1) is 0 Å². The molecule has 0 saturated carbocycles. The maximum absolute atomic E-state index is 13.3. The Morgan fingerprint density at radius 2 is 1.56 bits per heavy atom. The number of Topliss-reactive ketones (excluding diaryl/α,β-unsaturated/α-hetero) is 1. The molecule has 0 radical (unpaired) electrons. The Labute approximate surface area is 187 Å². The average molecular weight is 428 g/mol. The summed E-state index contributed by atoms with van der Waals surface area (Å²) in [5.74, 6) is -1.16. The molecule has 0 aliphatic carbocycles. The number of anilines is 1. The number of benzene rings is 3. The summed E-state index contributed by atoms with van der Waals surface area (Å²) in [6, 6.07) is 19.6. The van der Waals surface area contributed by atoms with Crippen molar-refractivity contribution in [2.45, 2.75) is 26.8 Å². The zero-order chi connectivity index (χ0) is 23.0. The lowest BCUT2D eigenvalue weighted by Crippen LogP contribution is -2.29. The fourth-order valence-corrected chi connectivity index (χ4v) is 4.42. The van der Waals surface area contributed by atoms with Gasteiger partial charge in [0.05, 0.1) is 24.3 Å². The number of carbonyl (C=O) groups excluding carboxylic acids is 2. The molecule has 1 fully saturated rings. The third kappa shape index (κ3) is 3.46. The van der Waals surface area contributed by atoms with E-state index < -0.39 is 17.7 Å². The van der Waals surface area contributed by atoms with E-state index in [1.165, 1.54) is 12.0 Å². The fraction of sp³-hybridized carbons (Fsp3) is 0.185. The van der Waals surface area contributed by atoms with E-state index >= 15 is 0 Å². The van der Waals surface area contributed by atoms with Crippen LogP contribution in [0.5, 0.6) is 5.75 Å². The van der Waals surface area contributed by atoms with Gasteiger partial charge >= 0.3 is 0 Å². The molecule has 1 unspecified atom stereocenters. The number of ketones is 1. The Balaban J connectivity index is 2.03. The van der Waals surface area contributed by atoms with Crippen LogP contribution in [0.1, 0.15) is 33.9 Å². The van der Waals surface area contributed by atoms with Gasteiger partial charge in [-0.1, -0.05) is 48.5 Å². The molecule has 1 saturated heterocycles. The standard InChI is InChI=1S/C27H25NO4/c1-16-14-18(3)26(32-4)21(15-16)24(29)22-23(20-13-9-8-10-17(20)2)28(27(31)25(22)30)19-11-6-5-7-12-19/h5-15,23,29H,1-4H3/b24-22+. The summed E-state index contributed by atoms with van der Waals surface area (Å²) in [6.07, 6.45) is 0. The first-order chi connectivity index (χ1) is 15.3. The van der Waals surface area contributed by atoms with Gasteiger partial charge in [-0.05, 0) is 61.2 Å². The molecular formula is C27H25NO4. The van der Waals surface area contributed by atoms with E-state index in [0.717, 1.165) is 22.3 Å². The zero-order valence-electron chi connectivity index (χ0n) is 18.5. The molecule has 3 aromatic rings. The van der Waals surface area contributed by atoms with Crippen molar-refractivity contribution in [2.75, 3.05) is 12.0 Å². The number of rotatable bonds is 4. The SMILES string of the molecule is COc1c(C)cc(C)cc1/C(O)=C1\C(=O)C(=O)N(c2ccccc2)C1c1ccccc1C. The summed E-state index contributed by atoms with van der Waals surface area (Å²) >= 11 is 0. The smallest absolute Gasteiger partial charge is 0.300 e. The van der Waals surface area contributed by atoms with Crippen LogP contribution in [0.25, 0.3) is 5.76 Å². The van der Waals surface area contributed by atoms with Crippen LogP contribution >= 0.6 is 0 Å². The van der Waals surface area contributed by atoms with E-state index in [1.807, 2.05) is 69.3 Å². The van der Waals surface area contributed by atoms with Gasteiger partial charge in [-0.2, -0.15) is 0 Å². The molecular weight excluding hydrogens is 402 g/mol. The average Bonchev–Trinajstić information content (AvgIpc) is 3.04. The van der Waals surface area contributed by atoms with Gasteiger partial charge in [0, 0.05) is 5.69 Å². The Hall–Kier alpha value is -3.86. The van der Waals surface area contributed by atoms with E-state index in [0.29, 0.717) is 17.0 Å². The number of methoxy groups -OCH3 is 1. The molecule has 1 aliphatic rings. The van der Waals surface area contributed by atoms with Crippen molar-refractivity contribution in [3.05, 3.63) is 100 Å². The molecule has 5 heteroatoms. The summed E-state index contributed by atoms with van der Waals surface area (Å²) in [6.45, 7) is 5.71. The number of aliphatic hydroxyl groups is 1. The second-order valence-electron chi connectivity index (χ2n) is 8.02. The Bertz CT molecular complexity index is 1240. The number of amides is 1. The van der Waals surface area contributed by atoms with Gasteiger partial charge in [0.15, 0.2) is 0 Å². The quantitative estimate of drug-likeness (QED) is 0.351. The van der Waals surface area contributed by atoms with Crippen LogP contribution in [0.15, 0.2) is 72.3 Å². The first kappa shape index (κ1) is 21.4. The summed E-state index contributed by atoms with van der Waals surface area (Å²) < 4.78 is 5.55. The Kier molecular flexibility index (Phi) is 5.57. The van der Waals surface area contributed by atoms with Crippen molar-refractivity contribution in [3.8, 4) is 5.75 Å². The highest BCUT2D eigenvalue weighted by atomic mass is 16.5. The second-order valence-corrected chi connectivity index (χ2v) is 8.02. The van der Waals surface area contributed by atoms with E-state index in [-0.39, 0.29) is 11.3 Å². The van der Waals surface area contributed by atoms with Crippen LogP contribution in [0.4, 0.5) is 5.69 Å². The normalized spacial score (nSPS) is 17.6. The van der Waals surface area contributed by atoms with Crippen LogP contribution in [0.2, 0.25) is 0 Å². The van der Waals surface area contributed by atoms with E-state index in [2.05, 4.69) is 0 Å². The Morgan fingerprint density at radius 1 is 0.906 bits per heavy atom. The first-order valence-electron chi connectivity index (χ1n) is 10.4. The maximum atomic E-state index is 13.3. The number of carbonyl (C=O) groups is 2. The van der Waals surface area contributed by atoms with Crippen LogP contribution in [0, 0.1) is 20.8 Å². The van der Waals surface area contributed by atoms with E-state index in [4.69, 9.17) is 4.74 Å². The summed E-state index contributed by atoms with van der Waals surface area (Å²) in [4.78, 5) is 28.0. The van der Waals surface area contributed by atoms with Gasteiger partial charge in [-0.25, -0.2) is 0 Å². The summed E-state index contributed by atoms with van der Waals surface area (Å²) in [5, 5.41) is 11.5. The maximum Gasteiger partial charge on any atom is 0.300 e. The second kappa shape index (κ2) is 8.35. The van der Waals surface area contributed by atoms with Crippen LogP contribution in [-0.2, 0) is 9.59 Å². The molecule has 1 aliphatic heterocycles. The van der Waals surface area contributed by atoms with Crippen molar-refractivity contribution in [1.82, 2.24) is 0 Å². The van der Waals surface area contributed by atoms with Crippen molar-refractivity contribution in [3.63, 3.8) is 0 Å². The number of hydrogen-bond acceptors (Lipinski definition) is 4. The third-order valence-corrected chi connectivity index (χ3v) is 5.84. The van der Waals surface area contributed by atoms with Crippen molar-refractivity contribution in [1.29, 1.82) is 0 Å². The Morgan fingerprint density at radius 3 is 2.22 bits per heavy atom. The number of aliphatic hydroxyl groups excluding tert-OH is 1. The molecule has 0 spiro atoms. The monoisotopic (exact) mass is 427 g/mol. The highest BCUT2D eigenvalue weighted by Crippen LogP contribution is 2.44. The molecule has 1 heterocycles. The first-order valence-corrected chi connectivity index (χ1v) is 10.4. The molecule has 0 bridgehead atoms. The molecule has 3 aromatic carbocycles. The predicted octanol–water partition coefficient (Wildman–Crippen LogP) is 5.25. The number of nitrogens with zero attached hydrogens (tertiary/aromatic N) is 1. The van der Waals surface area contributed by atoms with Gasteiger partial charge in [0.1, 0.15) is 11.5 Å². The highest BCUT2D eigenvalue weighted by Gasteiger charge is 2.47.